The van der Waals surface area contributed by atoms with E-state index in [-0.39, 0.29) is 5.38 Å². The van der Waals surface area contributed by atoms with Gasteiger partial charge in [0.25, 0.3) is 0 Å². The summed E-state index contributed by atoms with van der Waals surface area (Å²) in [6.07, 6.45) is 2.64. The average Bonchev–Trinajstić information content (AvgIpc) is 2.77. The van der Waals surface area contributed by atoms with Crippen LogP contribution in [-0.2, 0) is 0 Å². The van der Waals surface area contributed by atoms with Crippen LogP contribution in [0.3, 0.4) is 0 Å². The van der Waals surface area contributed by atoms with Crippen LogP contribution in [0.4, 0.5) is 0 Å². The Kier molecular flexibility index (Phi) is 3.69. The summed E-state index contributed by atoms with van der Waals surface area (Å²) in [6, 6.07) is 5.81. The van der Waals surface area contributed by atoms with E-state index < -0.39 is 0 Å². The first-order valence-corrected chi connectivity index (χ1v) is 6.26. The highest BCUT2D eigenvalue weighted by molar-refractivity contribution is 6.32. The van der Waals surface area contributed by atoms with Crippen molar-refractivity contribution in [3.63, 3.8) is 0 Å². The lowest BCUT2D eigenvalue weighted by Gasteiger charge is -2.04. The lowest BCUT2D eigenvalue weighted by Crippen LogP contribution is -1.96. The number of hydrogen-bond donors (Lipinski definition) is 0. The molecule has 3 nitrogen and oxygen atoms in total. The second-order valence-electron chi connectivity index (χ2n) is 3.92. The van der Waals surface area contributed by atoms with Crippen molar-refractivity contribution in [1.82, 2.24) is 15.0 Å². The molecule has 1 heterocycles. The van der Waals surface area contributed by atoms with Gasteiger partial charge in [-0.2, -0.15) is 0 Å². The molecule has 0 amide bonds. The topological polar surface area (TPSA) is 30.7 Å². The minimum absolute atomic E-state index is 0.104. The van der Waals surface area contributed by atoms with Crippen molar-refractivity contribution in [2.24, 2.45) is 0 Å². The summed E-state index contributed by atoms with van der Waals surface area (Å²) >= 11 is 12.3. The molecule has 90 valence electrons. The Hall–Kier alpha value is -1.06. The summed E-state index contributed by atoms with van der Waals surface area (Å²) in [5, 5.41) is 8.65. The van der Waals surface area contributed by atoms with Gasteiger partial charge in [-0.25, -0.2) is 4.68 Å². The van der Waals surface area contributed by atoms with E-state index in [0.29, 0.717) is 5.02 Å². The fourth-order valence-corrected chi connectivity index (χ4v) is 1.97. The van der Waals surface area contributed by atoms with Gasteiger partial charge < -0.3 is 0 Å². The maximum Gasteiger partial charge on any atom is 0.101 e. The SMILES string of the molecule is CCC(Cl)c1cn(-c2ccc(C)cc2Cl)nn1. The van der Waals surface area contributed by atoms with Gasteiger partial charge in [-0.05, 0) is 31.0 Å². The van der Waals surface area contributed by atoms with Crippen molar-refractivity contribution in [2.75, 3.05) is 0 Å². The van der Waals surface area contributed by atoms with E-state index in [2.05, 4.69) is 10.3 Å². The van der Waals surface area contributed by atoms with Gasteiger partial charge in [-0.1, -0.05) is 29.8 Å². The van der Waals surface area contributed by atoms with Crippen LogP contribution in [0.15, 0.2) is 24.4 Å². The predicted octanol–water partition coefficient (Wildman–Crippen LogP) is 3.92. The Morgan fingerprint density at radius 3 is 2.82 bits per heavy atom. The average molecular weight is 270 g/mol. The largest absolute Gasteiger partial charge is 0.219 e. The van der Waals surface area contributed by atoms with Crippen molar-refractivity contribution in [3.8, 4) is 5.69 Å². The van der Waals surface area contributed by atoms with E-state index in [0.717, 1.165) is 23.4 Å². The molecule has 0 saturated heterocycles. The molecule has 2 aromatic rings. The molecule has 0 spiro atoms. The van der Waals surface area contributed by atoms with Crippen molar-refractivity contribution in [3.05, 3.63) is 40.7 Å². The molecule has 0 bridgehead atoms. The minimum atomic E-state index is -0.104. The maximum atomic E-state index is 6.17. The second-order valence-corrected chi connectivity index (χ2v) is 4.85. The van der Waals surface area contributed by atoms with Crippen LogP contribution in [0.2, 0.25) is 5.02 Å². The van der Waals surface area contributed by atoms with Gasteiger partial charge in [0.05, 0.1) is 22.3 Å². The second kappa shape index (κ2) is 5.07. The van der Waals surface area contributed by atoms with E-state index in [1.54, 1.807) is 4.68 Å². The quantitative estimate of drug-likeness (QED) is 0.791. The normalized spacial score (nSPS) is 12.7. The molecule has 17 heavy (non-hydrogen) atoms. The smallest absolute Gasteiger partial charge is 0.101 e. The lowest BCUT2D eigenvalue weighted by atomic mass is 10.2. The summed E-state index contributed by atoms with van der Waals surface area (Å²) in [5.41, 5.74) is 2.70. The molecular weight excluding hydrogens is 257 g/mol. The third-order valence-electron chi connectivity index (χ3n) is 2.54. The van der Waals surface area contributed by atoms with Gasteiger partial charge in [-0.3, -0.25) is 0 Å². The Morgan fingerprint density at radius 2 is 2.18 bits per heavy atom. The molecule has 1 aromatic heterocycles. The molecular formula is C12H13Cl2N3. The molecule has 0 fully saturated rings. The van der Waals surface area contributed by atoms with Crippen molar-refractivity contribution >= 4 is 23.2 Å². The molecule has 0 aliphatic heterocycles. The predicted molar refractivity (Wildman–Crippen MR) is 70.0 cm³/mol. The van der Waals surface area contributed by atoms with Crippen LogP contribution in [0, 0.1) is 6.92 Å². The number of aryl methyl sites for hydroxylation is 1. The van der Waals surface area contributed by atoms with Crippen LogP contribution in [0.1, 0.15) is 30.0 Å². The van der Waals surface area contributed by atoms with Crippen LogP contribution in [0.25, 0.3) is 5.69 Å². The molecule has 1 aromatic carbocycles. The van der Waals surface area contributed by atoms with E-state index in [4.69, 9.17) is 23.2 Å². The zero-order valence-electron chi connectivity index (χ0n) is 9.69. The lowest BCUT2D eigenvalue weighted by molar-refractivity contribution is 0.785. The van der Waals surface area contributed by atoms with Gasteiger partial charge in [0.2, 0.25) is 0 Å². The van der Waals surface area contributed by atoms with E-state index >= 15 is 0 Å². The van der Waals surface area contributed by atoms with Crippen molar-refractivity contribution in [1.29, 1.82) is 0 Å². The fraction of sp³-hybridized carbons (Fsp3) is 0.333. The zero-order valence-corrected chi connectivity index (χ0v) is 11.2. The number of benzene rings is 1. The molecule has 1 unspecified atom stereocenters. The van der Waals surface area contributed by atoms with Crippen LogP contribution in [-0.4, -0.2) is 15.0 Å². The van der Waals surface area contributed by atoms with E-state index in [1.807, 2.05) is 38.2 Å². The summed E-state index contributed by atoms with van der Waals surface area (Å²) in [7, 11) is 0. The number of nitrogens with zero attached hydrogens (tertiary/aromatic N) is 3. The molecule has 0 radical (unpaired) electrons. The Bertz CT molecular complexity index is 522. The highest BCUT2D eigenvalue weighted by atomic mass is 35.5. The van der Waals surface area contributed by atoms with E-state index in [1.165, 1.54) is 0 Å². The third-order valence-corrected chi connectivity index (χ3v) is 3.38. The molecule has 0 aliphatic carbocycles. The first-order valence-electron chi connectivity index (χ1n) is 5.44. The van der Waals surface area contributed by atoms with Gasteiger partial charge >= 0.3 is 0 Å². The molecule has 5 heteroatoms. The molecule has 0 N–H and O–H groups in total. The zero-order chi connectivity index (χ0) is 12.4. The molecule has 2 rings (SSSR count). The number of halogens is 2. The monoisotopic (exact) mass is 269 g/mol. The maximum absolute atomic E-state index is 6.17. The number of hydrogen-bond acceptors (Lipinski definition) is 2. The van der Waals surface area contributed by atoms with Gasteiger partial charge in [0.15, 0.2) is 0 Å². The first-order chi connectivity index (χ1) is 8.11. The number of rotatable bonds is 3. The summed E-state index contributed by atoms with van der Waals surface area (Å²) in [4.78, 5) is 0. The molecule has 0 aliphatic rings. The van der Waals surface area contributed by atoms with E-state index in [9.17, 15) is 0 Å². The van der Waals surface area contributed by atoms with Crippen LogP contribution in [0.5, 0.6) is 0 Å². The fourth-order valence-electron chi connectivity index (χ4n) is 1.54. The van der Waals surface area contributed by atoms with Gasteiger partial charge in [-0.15, -0.1) is 16.7 Å². The molecule has 1 atom stereocenters. The van der Waals surface area contributed by atoms with Gasteiger partial charge in [0.1, 0.15) is 5.69 Å². The number of aromatic nitrogens is 3. The Balaban J connectivity index is 2.37. The third kappa shape index (κ3) is 2.61. The summed E-state index contributed by atoms with van der Waals surface area (Å²) in [6.45, 7) is 4.00. The summed E-state index contributed by atoms with van der Waals surface area (Å²) < 4.78 is 1.65. The highest BCUT2D eigenvalue weighted by Gasteiger charge is 2.12. The van der Waals surface area contributed by atoms with Crippen molar-refractivity contribution in [2.45, 2.75) is 25.6 Å². The van der Waals surface area contributed by atoms with Crippen molar-refractivity contribution < 1.29 is 0 Å². The molecule has 0 saturated carbocycles. The Morgan fingerprint density at radius 1 is 1.41 bits per heavy atom. The van der Waals surface area contributed by atoms with Crippen LogP contribution >= 0.6 is 23.2 Å². The Labute approximate surface area is 110 Å². The van der Waals surface area contributed by atoms with Gasteiger partial charge in [0, 0.05) is 0 Å². The number of alkyl halides is 1. The first kappa shape index (κ1) is 12.4. The standard InChI is InChI=1S/C12H13Cl2N3/c1-3-9(13)11-7-17(16-15-11)12-5-4-8(2)6-10(12)14/h4-7,9H,3H2,1-2H3. The summed E-state index contributed by atoms with van der Waals surface area (Å²) in [5.74, 6) is 0. The highest BCUT2D eigenvalue weighted by Crippen LogP contribution is 2.24. The minimum Gasteiger partial charge on any atom is -0.219 e. The van der Waals surface area contributed by atoms with Crippen LogP contribution < -0.4 is 0 Å².